The molecule has 1 fully saturated rings. The minimum Gasteiger partial charge on any atom is -0.439 e. The molecular formula is C18H17F3N2O. The van der Waals surface area contributed by atoms with E-state index in [1.807, 2.05) is 18.2 Å². The van der Waals surface area contributed by atoms with Crippen LogP contribution in [0.5, 0.6) is 11.6 Å². The standard InChI is InChI=1S/C18H17F3N2O/c19-18(20,21)14-5-7-17(23-11-14)24-16-3-1-2-12(10-16)8-13-4-6-15(22)9-13/h1-3,5,7-8,10-11,15H,4,6,9,22H2/b13-8+. The van der Waals surface area contributed by atoms with Gasteiger partial charge in [0.25, 0.3) is 0 Å². The molecule has 24 heavy (non-hydrogen) atoms. The predicted octanol–water partition coefficient (Wildman–Crippen LogP) is 4.79. The summed E-state index contributed by atoms with van der Waals surface area (Å²) < 4.78 is 43.1. The Labute approximate surface area is 138 Å². The van der Waals surface area contributed by atoms with Gasteiger partial charge in [0.05, 0.1) is 5.56 Å². The maximum Gasteiger partial charge on any atom is 0.417 e. The fourth-order valence-corrected chi connectivity index (χ4v) is 2.68. The number of pyridine rings is 1. The van der Waals surface area contributed by atoms with E-state index in [0.29, 0.717) is 5.75 Å². The lowest BCUT2D eigenvalue weighted by Crippen LogP contribution is -2.13. The van der Waals surface area contributed by atoms with Crippen molar-refractivity contribution >= 4 is 6.08 Å². The molecule has 1 saturated carbocycles. The van der Waals surface area contributed by atoms with Gasteiger partial charge in [0, 0.05) is 18.3 Å². The van der Waals surface area contributed by atoms with Gasteiger partial charge in [0.15, 0.2) is 0 Å². The average molecular weight is 334 g/mol. The molecule has 2 N–H and O–H groups in total. The summed E-state index contributed by atoms with van der Waals surface area (Å²) in [4.78, 5) is 3.71. The highest BCUT2D eigenvalue weighted by atomic mass is 19.4. The third-order valence-corrected chi connectivity index (χ3v) is 3.88. The number of benzene rings is 1. The number of hydrogen-bond acceptors (Lipinski definition) is 3. The maximum atomic E-state index is 12.5. The molecule has 0 saturated heterocycles. The summed E-state index contributed by atoms with van der Waals surface area (Å²) >= 11 is 0. The van der Waals surface area contributed by atoms with Gasteiger partial charge in [0.2, 0.25) is 5.88 Å². The van der Waals surface area contributed by atoms with Gasteiger partial charge in [-0.2, -0.15) is 13.2 Å². The number of nitrogens with two attached hydrogens (primary N) is 1. The second-order valence-corrected chi connectivity index (χ2v) is 5.86. The Morgan fingerprint density at radius 1 is 1.21 bits per heavy atom. The predicted molar refractivity (Wildman–Crippen MR) is 85.6 cm³/mol. The van der Waals surface area contributed by atoms with Crippen molar-refractivity contribution in [3.05, 3.63) is 59.3 Å². The first-order chi connectivity index (χ1) is 11.4. The van der Waals surface area contributed by atoms with Crippen molar-refractivity contribution in [2.45, 2.75) is 31.5 Å². The Balaban J connectivity index is 1.73. The molecule has 2 aromatic rings. The van der Waals surface area contributed by atoms with Crippen LogP contribution in [-0.4, -0.2) is 11.0 Å². The van der Waals surface area contributed by atoms with Crippen molar-refractivity contribution in [3.8, 4) is 11.6 Å². The van der Waals surface area contributed by atoms with Crippen molar-refractivity contribution < 1.29 is 17.9 Å². The van der Waals surface area contributed by atoms with Crippen LogP contribution < -0.4 is 10.5 Å². The Morgan fingerprint density at radius 2 is 2.04 bits per heavy atom. The summed E-state index contributed by atoms with van der Waals surface area (Å²) in [5.74, 6) is 0.648. The van der Waals surface area contributed by atoms with Gasteiger partial charge >= 0.3 is 6.18 Å². The smallest absolute Gasteiger partial charge is 0.417 e. The van der Waals surface area contributed by atoms with Crippen molar-refractivity contribution in [3.63, 3.8) is 0 Å². The summed E-state index contributed by atoms with van der Waals surface area (Å²) in [5, 5.41) is 0. The minimum absolute atomic E-state index is 0.121. The van der Waals surface area contributed by atoms with Gasteiger partial charge in [-0.1, -0.05) is 23.8 Å². The Bertz CT molecular complexity index is 739. The topological polar surface area (TPSA) is 48.1 Å². The zero-order chi connectivity index (χ0) is 17.2. The van der Waals surface area contributed by atoms with Crippen molar-refractivity contribution in [2.24, 2.45) is 5.73 Å². The van der Waals surface area contributed by atoms with Crippen LogP contribution in [-0.2, 0) is 6.18 Å². The molecule has 0 bridgehead atoms. The molecule has 0 aliphatic heterocycles. The first kappa shape index (κ1) is 16.5. The third kappa shape index (κ3) is 4.14. The molecule has 6 heteroatoms. The summed E-state index contributed by atoms with van der Waals surface area (Å²) in [6.07, 6.45) is 1.33. The number of nitrogens with zero attached hydrogens (tertiary/aromatic N) is 1. The van der Waals surface area contributed by atoms with E-state index in [-0.39, 0.29) is 11.9 Å². The number of ether oxygens (including phenoxy) is 1. The fourth-order valence-electron chi connectivity index (χ4n) is 2.68. The molecule has 1 atom stereocenters. The third-order valence-electron chi connectivity index (χ3n) is 3.88. The van der Waals surface area contributed by atoms with Crippen molar-refractivity contribution in [1.29, 1.82) is 0 Å². The van der Waals surface area contributed by atoms with Crippen molar-refractivity contribution in [1.82, 2.24) is 4.98 Å². The van der Waals surface area contributed by atoms with E-state index in [2.05, 4.69) is 11.1 Å². The quantitative estimate of drug-likeness (QED) is 0.878. The number of hydrogen-bond donors (Lipinski definition) is 1. The van der Waals surface area contributed by atoms with E-state index >= 15 is 0 Å². The molecule has 126 valence electrons. The van der Waals surface area contributed by atoms with E-state index in [0.717, 1.165) is 37.1 Å². The van der Waals surface area contributed by atoms with E-state index in [9.17, 15) is 13.2 Å². The monoisotopic (exact) mass is 334 g/mol. The van der Waals surface area contributed by atoms with Crippen LogP contribution in [0, 0.1) is 0 Å². The number of rotatable bonds is 3. The largest absolute Gasteiger partial charge is 0.439 e. The highest BCUT2D eigenvalue weighted by Gasteiger charge is 2.30. The molecule has 1 aliphatic rings. The Morgan fingerprint density at radius 3 is 2.67 bits per heavy atom. The maximum absolute atomic E-state index is 12.5. The van der Waals surface area contributed by atoms with Gasteiger partial charge in [-0.15, -0.1) is 0 Å². The molecule has 0 amide bonds. The van der Waals surface area contributed by atoms with E-state index in [4.69, 9.17) is 10.5 Å². The molecule has 1 unspecified atom stereocenters. The summed E-state index contributed by atoms with van der Waals surface area (Å²) in [6, 6.07) is 9.74. The van der Waals surface area contributed by atoms with E-state index < -0.39 is 11.7 Å². The zero-order valence-corrected chi connectivity index (χ0v) is 12.9. The molecular weight excluding hydrogens is 317 g/mol. The fraction of sp³-hybridized carbons (Fsp3) is 0.278. The van der Waals surface area contributed by atoms with Crippen LogP contribution in [0.15, 0.2) is 48.2 Å². The second-order valence-electron chi connectivity index (χ2n) is 5.86. The van der Waals surface area contributed by atoms with Gasteiger partial charge < -0.3 is 10.5 Å². The molecule has 3 nitrogen and oxygen atoms in total. The molecule has 3 rings (SSSR count). The molecule has 1 aromatic carbocycles. The second kappa shape index (κ2) is 6.65. The highest BCUT2D eigenvalue weighted by Crippen LogP contribution is 2.30. The SMILES string of the molecule is NC1CC/C(=C\c2cccc(Oc3ccc(C(F)(F)F)cn3)c2)C1. The van der Waals surface area contributed by atoms with Crippen LogP contribution in [0.1, 0.15) is 30.4 Å². The van der Waals surface area contributed by atoms with Crippen LogP contribution in [0.4, 0.5) is 13.2 Å². The van der Waals surface area contributed by atoms with E-state index in [1.54, 1.807) is 6.07 Å². The van der Waals surface area contributed by atoms with Crippen LogP contribution >= 0.6 is 0 Å². The van der Waals surface area contributed by atoms with Gasteiger partial charge in [-0.25, -0.2) is 4.98 Å². The first-order valence-corrected chi connectivity index (χ1v) is 7.66. The van der Waals surface area contributed by atoms with Crippen LogP contribution in [0.25, 0.3) is 6.08 Å². The van der Waals surface area contributed by atoms with Crippen LogP contribution in [0.2, 0.25) is 0 Å². The molecule has 0 spiro atoms. The number of alkyl halides is 3. The number of aromatic nitrogens is 1. The Kier molecular flexibility index (Phi) is 4.57. The lowest BCUT2D eigenvalue weighted by Gasteiger charge is -2.08. The number of halogens is 3. The van der Waals surface area contributed by atoms with Crippen molar-refractivity contribution in [2.75, 3.05) is 0 Å². The van der Waals surface area contributed by atoms with Gasteiger partial charge in [0.1, 0.15) is 5.75 Å². The summed E-state index contributed by atoms with van der Waals surface area (Å²) in [5.41, 5.74) is 7.37. The van der Waals surface area contributed by atoms with Gasteiger partial charge in [-0.3, -0.25) is 0 Å². The normalized spacial score (nSPS) is 19.7. The lowest BCUT2D eigenvalue weighted by molar-refractivity contribution is -0.137. The molecule has 1 heterocycles. The minimum atomic E-state index is -4.40. The Hall–Kier alpha value is -2.34. The highest BCUT2D eigenvalue weighted by molar-refractivity contribution is 5.55. The van der Waals surface area contributed by atoms with E-state index in [1.165, 1.54) is 11.6 Å². The average Bonchev–Trinajstić information content (AvgIpc) is 2.92. The van der Waals surface area contributed by atoms with Crippen LogP contribution in [0.3, 0.4) is 0 Å². The summed E-state index contributed by atoms with van der Waals surface area (Å²) in [7, 11) is 0. The zero-order valence-electron chi connectivity index (χ0n) is 12.9. The first-order valence-electron chi connectivity index (χ1n) is 7.66. The van der Waals surface area contributed by atoms with Gasteiger partial charge in [-0.05, 0) is 43.0 Å². The lowest BCUT2D eigenvalue weighted by atomic mass is 10.1. The summed E-state index contributed by atoms with van der Waals surface area (Å²) in [6.45, 7) is 0. The molecule has 1 aliphatic carbocycles. The molecule has 1 aromatic heterocycles. The molecule has 0 radical (unpaired) electrons.